The second-order valence-electron chi connectivity index (χ2n) is 5.06. The zero-order valence-electron chi connectivity index (χ0n) is 10.3. The van der Waals surface area contributed by atoms with Crippen LogP contribution in [0.15, 0.2) is 12.1 Å². The fourth-order valence-corrected chi connectivity index (χ4v) is 3.59. The number of benzene rings is 1. The van der Waals surface area contributed by atoms with Crippen LogP contribution in [0.4, 0.5) is 0 Å². The van der Waals surface area contributed by atoms with Crippen LogP contribution in [-0.2, 0) is 11.2 Å². The third-order valence-electron chi connectivity index (χ3n) is 3.91. The van der Waals surface area contributed by atoms with E-state index in [0.717, 1.165) is 44.8 Å². The van der Waals surface area contributed by atoms with Gasteiger partial charge in [0.1, 0.15) is 5.75 Å². The molecular formula is C14H18INO2. The topological polar surface area (TPSA) is 44.5 Å². The summed E-state index contributed by atoms with van der Waals surface area (Å²) in [6.45, 7) is 2.47. The molecule has 0 radical (unpaired) electrons. The predicted molar refractivity (Wildman–Crippen MR) is 78.8 cm³/mol. The van der Waals surface area contributed by atoms with Gasteiger partial charge in [0.15, 0.2) is 0 Å². The molecule has 2 N–H and O–H groups in total. The van der Waals surface area contributed by atoms with Crippen LogP contribution in [-0.4, -0.2) is 19.8 Å². The highest BCUT2D eigenvalue weighted by Gasteiger charge is 2.27. The number of hydrogen-bond donors (Lipinski definition) is 1. The van der Waals surface area contributed by atoms with Crippen LogP contribution in [0.25, 0.3) is 0 Å². The molecule has 18 heavy (non-hydrogen) atoms. The van der Waals surface area contributed by atoms with Crippen molar-refractivity contribution in [2.24, 2.45) is 11.7 Å². The lowest BCUT2D eigenvalue weighted by Gasteiger charge is -2.28. The summed E-state index contributed by atoms with van der Waals surface area (Å²) in [5.74, 6) is 1.57. The Morgan fingerprint density at radius 1 is 1.22 bits per heavy atom. The Kier molecular flexibility index (Phi) is 3.77. The summed E-state index contributed by atoms with van der Waals surface area (Å²) in [7, 11) is 0. The standard InChI is InChI=1S/C14H18INO2/c15-11-7-10-3-6-18-14(10)12(8-11)13(16)9-1-4-17-5-2-9/h7-9,13H,1-6,16H2. The molecule has 2 aliphatic rings. The van der Waals surface area contributed by atoms with Gasteiger partial charge in [0.25, 0.3) is 0 Å². The number of nitrogens with two attached hydrogens (primary N) is 1. The van der Waals surface area contributed by atoms with E-state index in [1.54, 1.807) is 0 Å². The minimum Gasteiger partial charge on any atom is -0.493 e. The maximum atomic E-state index is 6.47. The summed E-state index contributed by atoms with van der Waals surface area (Å²) < 4.78 is 12.5. The zero-order valence-corrected chi connectivity index (χ0v) is 12.5. The van der Waals surface area contributed by atoms with Gasteiger partial charge in [-0.3, -0.25) is 0 Å². The summed E-state index contributed by atoms with van der Waals surface area (Å²) in [5, 5.41) is 0. The van der Waals surface area contributed by atoms with Gasteiger partial charge in [0.05, 0.1) is 6.61 Å². The molecule has 0 spiro atoms. The number of ether oxygens (including phenoxy) is 2. The summed E-state index contributed by atoms with van der Waals surface area (Å²) in [4.78, 5) is 0. The van der Waals surface area contributed by atoms with E-state index in [0.29, 0.717) is 5.92 Å². The van der Waals surface area contributed by atoms with E-state index >= 15 is 0 Å². The molecule has 0 aromatic heterocycles. The summed E-state index contributed by atoms with van der Waals surface area (Å²) >= 11 is 2.37. The van der Waals surface area contributed by atoms with Crippen LogP contribution in [0.2, 0.25) is 0 Å². The van der Waals surface area contributed by atoms with Crippen molar-refractivity contribution in [2.45, 2.75) is 25.3 Å². The van der Waals surface area contributed by atoms with Crippen molar-refractivity contribution in [3.63, 3.8) is 0 Å². The molecule has 2 aliphatic heterocycles. The molecule has 2 heterocycles. The average molecular weight is 359 g/mol. The lowest BCUT2D eigenvalue weighted by Crippen LogP contribution is -2.27. The third kappa shape index (κ3) is 2.38. The van der Waals surface area contributed by atoms with Crippen molar-refractivity contribution in [2.75, 3.05) is 19.8 Å². The lowest BCUT2D eigenvalue weighted by molar-refractivity contribution is 0.0581. The van der Waals surface area contributed by atoms with Gasteiger partial charge >= 0.3 is 0 Å². The first-order valence-electron chi connectivity index (χ1n) is 6.54. The average Bonchev–Trinajstić information content (AvgIpc) is 2.86. The highest BCUT2D eigenvalue weighted by atomic mass is 127. The monoisotopic (exact) mass is 359 g/mol. The largest absolute Gasteiger partial charge is 0.493 e. The van der Waals surface area contributed by atoms with Crippen molar-refractivity contribution >= 4 is 22.6 Å². The first-order valence-corrected chi connectivity index (χ1v) is 7.62. The predicted octanol–water partition coefficient (Wildman–Crippen LogP) is 2.65. The molecule has 1 aromatic rings. The van der Waals surface area contributed by atoms with Crippen molar-refractivity contribution in [1.82, 2.24) is 0 Å². The molecule has 1 atom stereocenters. The Hall–Kier alpha value is -0.330. The molecule has 3 nitrogen and oxygen atoms in total. The van der Waals surface area contributed by atoms with E-state index in [9.17, 15) is 0 Å². The highest BCUT2D eigenvalue weighted by molar-refractivity contribution is 14.1. The van der Waals surface area contributed by atoms with Crippen molar-refractivity contribution in [1.29, 1.82) is 0 Å². The van der Waals surface area contributed by atoms with Crippen LogP contribution in [0, 0.1) is 9.49 Å². The number of fused-ring (bicyclic) bond motifs is 1. The fraction of sp³-hybridized carbons (Fsp3) is 0.571. The Morgan fingerprint density at radius 2 is 2.00 bits per heavy atom. The first kappa shape index (κ1) is 12.7. The Bertz CT molecular complexity index is 444. The van der Waals surface area contributed by atoms with Gasteiger partial charge in [-0.25, -0.2) is 0 Å². The Labute approximate surface area is 121 Å². The van der Waals surface area contributed by atoms with Gasteiger partial charge in [-0.15, -0.1) is 0 Å². The minimum atomic E-state index is 0.0791. The van der Waals surface area contributed by atoms with E-state index in [1.165, 1.54) is 14.7 Å². The van der Waals surface area contributed by atoms with Crippen molar-refractivity contribution < 1.29 is 9.47 Å². The molecule has 1 fully saturated rings. The number of hydrogen-bond acceptors (Lipinski definition) is 3. The second-order valence-corrected chi connectivity index (χ2v) is 6.30. The van der Waals surface area contributed by atoms with E-state index in [-0.39, 0.29) is 6.04 Å². The smallest absolute Gasteiger partial charge is 0.127 e. The fourth-order valence-electron chi connectivity index (χ4n) is 2.87. The van der Waals surface area contributed by atoms with E-state index in [4.69, 9.17) is 15.2 Å². The van der Waals surface area contributed by atoms with Crippen LogP contribution in [0.5, 0.6) is 5.75 Å². The molecule has 0 amide bonds. The van der Waals surface area contributed by atoms with Crippen LogP contribution in [0.1, 0.15) is 30.0 Å². The molecule has 1 aromatic carbocycles. The lowest BCUT2D eigenvalue weighted by atomic mass is 9.86. The van der Waals surface area contributed by atoms with Gasteiger partial charge in [0, 0.05) is 34.8 Å². The summed E-state index contributed by atoms with van der Waals surface area (Å²) in [6.07, 6.45) is 3.13. The number of rotatable bonds is 2. The maximum Gasteiger partial charge on any atom is 0.127 e. The minimum absolute atomic E-state index is 0.0791. The summed E-state index contributed by atoms with van der Waals surface area (Å²) in [6, 6.07) is 4.48. The van der Waals surface area contributed by atoms with Crippen LogP contribution < -0.4 is 10.5 Å². The zero-order chi connectivity index (χ0) is 12.5. The Morgan fingerprint density at radius 3 is 2.78 bits per heavy atom. The molecule has 4 heteroatoms. The summed E-state index contributed by atoms with van der Waals surface area (Å²) in [5.41, 5.74) is 8.99. The van der Waals surface area contributed by atoms with Gasteiger partial charge in [-0.05, 0) is 59.0 Å². The van der Waals surface area contributed by atoms with Gasteiger partial charge in [0.2, 0.25) is 0 Å². The normalized spacial score (nSPS) is 21.4. The van der Waals surface area contributed by atoms with Gasteiger partial charge in [-0.2, -0.15) is 0 Å². The van der Waals surface area contributed by atoms with Crippen molar-refractivity contribution in [3.05, 3.63) is 26.8 Å². The highest BCUT2D eigenvalue weighted by Crippen LogP contribution is 2.39. The maximum absolute atomic E-state index is 6.47. The van der Waals surface area contributed by atoms with Gasteiger partial charge in [-0.1, -0.05) is 0 Å². The van der Waals surface area contributed by atoms with E-state index < -0.39 is 0 Å². The van der Waals surface area contributed by atoms with Crippen LogP contribution >= 0.6 is 22.6 Å². The molecule has 1 unspecified atom stereocenters. The Balaban J connectivity index is 1.91. The van der Waals surface area contributed by atoms with Crippen molar-refractivity contribution in [3.8, 4) is 5.75 Å². The van der Waals surface area contributed by atoms with E-state index in [1.807, 2.05) is 0 Å². The first-order chi connectivity index (χ1) is 8.75. The van der Waals surface area contributed by atoms with Crippen LogP contribution in [0.3, 0.4) is 0 Å². The van der Waals surface area contributed by atoms with Gasteiger partial charge < -0.3 is 15.2 Å². The SMILES string of the molecule is NC(c1cc(I)cc2c1OCC2)C1CCOCC1. The molecule has 0 bridgehead atoms. The molecule has 1 saturated heterocycles. The quantitative estimate of drug-likeness (QED) is 0.826. The second kappa shape index (κ2) is 5.35. The molecule has 0 saturated carbocycles. The number of halogens is 1. The molecular weight excluding hydrogens is 341 g/mol. The third-order valence-corrected chi connectivity index (χ3v) is 4.53. The van der Waals surface area contributed by atoms with E-state index in [2.05, 4.69) is 34.7 Å². The molecule has 0 aliphatic carbocycles. The molecule has 98 valence electrons. The molecule has 3 rings (SSSR count).